The highest BCUT2D eigenvalue weighted by Crippen LogP contribution is 2.20. The second kappa shape index (κ2) is 12.3. The van der Waals surface area contributed by atoms with Gasteiger partial charge in [0.2, 0.25) is 10.6 Å². The van der Waals surface area contributed by atoms with Crippen LogP contribution in [0.15, 0.2) is 36.7 Å². The molecule has 2 N–H and O–H groups in total. The third-order valence-corrected chi connectivity index (χ3v) is 4.43. The normalized spacial score (nSPS) is 10.0. The summed E-state index contributed by atoms with van der Waals surface area (Å²) in [5.74, 6) is 0. The van der Waals surface area contributed by atoms with Crippen molar-refractivity contribution < 1.29 is 10.0 Å². The highest BCUT2D eigenvalue weighted by atomic mass is 35.5. The Morgan fingerprint density at radius 3 is 1.59 bits per heavy atom. The van der Waals surface area contributed by atoms with Crippen LogP contribution in [0, 0.1) is 0 Å². The van der Waals surface area contributed by atoms with Gasteiger partial charge in [0.1, 0.15) is 15.5 Å². The molecule has 0 atom stereocenters. The Balaban J connectivity index is 0.000000178. The van der Waals surface area contributed by atoms with E-state index in [2.05, 4.69) is 30.1 Å². The lowest BCUT2D eigenvalue weighted by molar-refractivity contribution is 0.421. The van der Waals surface area contributed by atoms with Gasteiger partial charge in [-0.3, -0.25) is 9.36 Å². The van der Waals surface area contributed by atoms with Crippen molar-refractivity contribution in [2.24, 2.45) is 14.1 Å². The van der Waals surface area contributed by atoms with Crippen LogP contribution >= 0.6 is 58.0 Å². The highest BCUT2D eigenvalue weighted by Gasteiger charge is 2.13. The van der Waals surface area contributed by atoms with Gasteiger partial charge in [-0.25, -0.2) is 19.9 Å². The molecule has 16 heteroatoms. The van der Waals surface area contributed by atoms with E-state index in [1.165, 1.54) is 16.9 Å². The van der Waals surface area contributed by atoms with E-state index in [-0.39, 0.29) is 20.9 Å². The second-order valence-electron chi connectivity index (χ2n) is 5.72. The molecule has 0 aliphatic heterocycles. The summed E-state index contributed by atoms with van der Waals surface area (Å²) < 4.78 is 3.10. The zero-order valence-corrected chi connectivity index (χ0v) is 20.2. The maximum absolute atomic E-state index is 8.59. The molecule has 0 aliphatic carbocycles. The van der Waals surface area contributed by atoms with E-state index >= 15 is 0 Å². The number of nitrogens with zero attached hydrogens (tertiary/aromatic N) is 8. The van der Waals surface area contributed by atoms with E-state index in [1.54, 1.807) is 30.1 Å². The second-order valence-corrected chi connectivity index (χ2v) is 7.56. The molecular weight excluding hydrogens is 524 g/mol. The first-order chi connectivity index (χ1) is 15.1. The van der Waals surface area contributed by atoms with Crippen LogP contribution in [0.2, 0.25) is 26.0 Å². The van der Waals surface area contributed by atoms with Crippen molar-refractivity contribution in [3.8, 4) is 11.4 Å². The van der Waals surface area contributed by atoms with Crippen LogP contribution < -0.4 is 5.59 Å². The largest absolute Gasteiger partial charge is 0.507 e. The molecule has 10 nitrogen and oxygen atoms in total. The van der Waals surface area contributed by atoms with Gasteiger partial charge >= 0.3 is 7.12 Å². The molecule has 32 heavy (non-hydrogen) atoms. The van der Waals surface area contributed by atoms with E-state index in [1.807, 2.05) is 13.1 Å². The van der Waals surface area contributed by atoms with Gasteiger partial charge in [-0.05, 0) is 35.3 Å². The van der Waals surface area contributed by atoms with Gasteiger partial charge in [-0.2, -0.15) is 10.2 Å². The number of rotatable bonds is 2. The first kappa shape index (κ1) is 26.3. The molecule has 168 valence electrons. The standard InChI is InChI=1S/C8H6Cl2N4.C4H7BN2O2.C4HCl3N2/c1-14-6(2-3-11-14)5-4-7(9)13-8(10)12-5;1-7-4(5(8)9)2-3-6-7;5-2-1-3(6)9-4(7)8-2/h2-4H,1H3;2-3,8-9H,1H3;1H. The third kappa shape index (κ3) is 8.17. The van der Waals surface area contributed by atoms with Crippen LogP contribution in [0.3, 0.4) is 0 Å². The Morgan fingerprint density at radius 2 is 1.22 bits per heavy atom. The maximum Gasteiger partial charge on any atom is 0.507 e. The van der Waals surface area contributed by atoms with Crippen molar-refractivity contribution in [1.82, 2.24) is 39.5 Å². The summed E-state index contributed by atoms with van der Waals surface area (Å²) in [6.45, 7) is 0. The van der Waals surface area contributed by atoms with Gasteiger partial charge in [0.25, 0.3) is 0 Å². The smallest absolute Gasteiger partial charge is 0.422 e. The quantitative estimate of drug-likeness (QED) is 0.227. The van der Waals surface area contributed by atoms with Crippen LogP contribution in [0.25, 0.3) is 11.4 Å². The summed E-state index contributed by atoms with van der Waals surface area (Å²) in [6.07, 6.45) is 3.19. The fourth-order valence-corrected chi connectivity index (χ4v) is 3.25. The van der Waals surface area contributed by atoms with E-state index < -0.39 is 7.12 Å². The lowest BCUT2D eigenvalue weighted by atomic mass is 9.86. The number of halogens is 5. The third-order valence-electron chi connectivity index (χ3n) is 3.51. The summed E-state index contributed by atoms with van der Waals surface area (Å²) >= 11 is 27.7. The lowest BCUT2D eigenvalue weighted by Gasteiger charge is -2.01. The topological polar surface area (TPSA) is 128 Å². The Kier molecular flexibility index (Phi) is 10.1. The number of aromatic nitrogens is 8. The van der Waals surface area contributed by atoms with Gasteiger partial charge in [-0.1, -0.05) is 34.8 Å². The molecule has 0 aliphatic rings. The Bertz CT molecular complexity index is 1100. The molecule has 0 spiro atoms. The summed E-state index contributed by atoms with van der Waals surface area (Å²) in [7, 11) is 2.05. The minimum atomic E-state index is -1.42. The summed E-state index contributed by atoms with van der Waals surface area (Å²) in [5, 5.41) is 25.9. The number of hydrogen-bond donors (Lipinski definition) is 2. The molecule has 4 rings (SSSR count). The molecule has 0 aromatic carbocycles. The minimum Gasteiger partial charge on any atom is -0.422 e. The SMILES string of the molecule is Clc1cc(Cl)nc(Cl)n1.Cn1nccc1-c1cc(Cl)nc(Cl)n1.Cn1nccc1B(O)O. The van der Waals surface area contributed by atoms with Crippen LogP contribution in [0.4, 0.5) is 0 Å². The fourth-order valence-electron chi connectivity index (χ4n) is 2.15. The molecule has 4 aromatic rings. The molecule has 0 saturated heterocycles. The molecule has 0 radical (unpaired) electrons. The molecule has 4 aromatic heterocycles. The first-order valence-electron chi connectivity index (χ1n) is 8.45. The molecule has 4 heterocycles. The van der Waals surface area contributed by atoms with Crippen molar-refractivity contribution in [2.45, 2.75) is 0 Å². The van der Waals surface area contributed by atoms with Crippen molar-refractivity contribution in [3.05, 3.63) is 62.7 Å². The van der Waals surface area contributed by atoms with Crippen molar-refractivity contribution in [2.75, 3.05) is 0 Å². The maximum atomic E-state index is 8.59. The average Bonchev–Trinajstić information content (AvgIpc) is 3.29. The predicted octanol–water partition coefficient (Wildman–Crippen LogP) is 2.72. The van der Waals surface area contributed by atoms with Gasteiger partial charge in [0, 0.05) is 38.6 Å². The van der Waals surface area contributed by atoms with Crippen LogP contribution in [-0.2, 0) is 14.1 Å². The Morgan fingerprint density at radius 1 is 0.719 bits per heavy atom. The van der Waals surface area contributed by atoms with Gasteiger partial charge in [0.15, 0.2) is 0 Å². The van der Waals surface area contributed by atoms with E-state index in [0.29, 0.717) is 16.4 Å². The van der Waals surface area contributed by atoms with Crippen LogP contribution in [-0.4, -0.2) is 56.7 Å². The highest BCUT2D eigenvalue weighted by molar-refractivity contribution is 6.57. The van der Waals surface area contributed by atoms with Gasteiger partial charge in [-0.15, -0.1) is 0 Å². The fraction of sp³-hybridized carbons (Fsp3) is 0.125. The zero-order chi connectivity index (χ0) is 23.8. The van der Waals surface area contributed by atoms with Crippen molar-refractivity contribution >= 4 is 70.7 Å². The molecular formula is C16H14BCl5N8O2. The zero-order valence-electron chi connectivity index (χ0n) is 16.4. The monoisotopic (exact) mass is 536 g/mol. The van der Waals surface area contributed by atoms with Crippen LogP contribution in [0.1, 0.15) is 0 Å². The van der Waals surface area contributed by atoms with E-state index in [4.69, 9.17) is 68.1 Å². The van der Waals surface area contributed by atoms with Crippen LogP contribution in [0.5, 0.6) is 0 Å². The number of aryl methyl sites for hydroxylation is 2. The molecule has 0 fully saturated rings. The molecule has 0 unspecified atom stereocenters. The summed E-state index contributed by atoms with van der Waals surface area (Å²) in [4.78, 5) is 14.9. The predicted molar refractivity (Wildman–Crippen MR) is 124 cm³/mol. The van der Waals surface area contributed by atoms with Gasteiger partial charge in [0.05, 0.1) is 17.0 Å². The molecule has 0 bridgehead atoms. The van der Waals surface area contributed by atoms with E-state index in [9.17, 15) is 0 Å². The van der Waals surface area contributed by atoms with Crippen molar-refractivity contribution in [1.29, 1.82) is 0 Å². The Hall–Kier alpha value is -1.99. The Labute approximate surface area is 207 Å². The molecule has 0 amide bonds. The van der Waals surface area contributed by atoms with E-state index in [0.717, 1.165) is 5.69 Å². The minimum absolute atomic E-state index is 0.0625. The first-order valence-corrected chi connectivity index (χ1v) is 10.3. The van der Waals surface area contributed by atoms with Crippen molar-refractivity contribution in [3.63, 3.8) is 0 Å². The average molecular weight is 538 g/mol. The number of hydrogen-bond acceptors (Lipinski definition) is 8. The summed E-state index contributed by atoms with van der Waals surface area (Å²) in [5.41, 5.74) is 1.90. The lowest BCUT2D eigenvalue weighted by Crippen LogP contribution is -2.35. The summed E-state index contributed by atoms with van der Waals surface area (Å²) in [6, 6.07) is 6.43. The molecule has 0 saturated carbocycles. The van der Waals surface area contributed by atoms with Gasteiger partial charge < -0.3 is 10.0 Å².